The van der Waals surface area contributed by atoms with Crippen molar-refractivity contribution in [2.24, 2.45) is 5.10 Å². The summed E-state index contributed by atoms with van der Waals surface area (Å²) in [5, 5.41) is 3.87. The molecule has 0 saturated carbocycles. The summed E-state index contributed by atoms with van der Waals surface area (Å²) in [6, 6.07) is 3.37. The quantitative estimate of drug-likeness (QED) is 0.591. The Morgan fingerprint density at radius 1 is 1.27 bits per heavy atom. The van der Waals surface area contributed by atoms with Gasteiger partial charge in [0.05, 0.1) is 6.21 Å². The lowest BCUT2D eigenvalue weighted by atomic mass is 10.1. The van der Waals surface area contributed by atoms with Crippen LogP contribution < -0.4 is 5.43 Å². The second kappa shape index (κ2) is 4.38. The van der Waals surface area contributed by atoms with Gasteiger partial charge in [-0.25, -0.2) is 8.78 Å². The van der Waals surface area contributed by atoms with Crippen LogP contribution in [0.25, 0.3) is 0 Å². The molecule has 1 rings (SSSR count). The molecule has 0 atom stereocenters. The minimum Gasteiger partial charge on any atom is -0.305 e. The van der Waals surface area contributed by atoms with Crippen molar-refractivity contribution in [3.05, 3.63) is 35.4 Å². The third-order valence-electron chi connectivity index (χ3n) is 1.57. The molecule has 0 saturated heterocycles. The molecule has 1 aromatic carbocycles. The average Bonchev–Trinajstić information content (AvgIpc) is 2.07. The Balaban J connectivity index is 2.73. The Kier molecular flexibility index (Phi) is 3.39. The number of nitrogens with zero attached hydrogens (tertiary/aromatic N) is 1. The van der Waals surface area contributed by atoms with Gasteiger partial charge in [0, 0.05) is 17.2 Å². The van der Waals surface area contributed by atoms with Crippen molar-refractivity contribution < 1.29 is 8.78 Å². The fraction of sp³-hybridized carbons (Fsp3) is 0.364. The average molecular weight is 212 g/mol. The summed E-state index contributed by atoms with van der Waals surface area (Å²) >= 11 is 0. The molecule has 0 aliphatic rings. The second-order valence-corrected chi connectivity index (χ2v) is 4.29. The zero-order valence-corrected chi connectivity index (χ0v) is 9.01. The molecule has 0 aliphatic heterocycles. The van der Waals surface area contributed by atoms with Crippen molar-refractivity contribution in [3.63, 3.8) is 0 Å². The number of halogens is 2. The molecule has 0 spiro atoms. The van der Waals surface area contributed by atoms with Gasteiger partial charge in [-0.3, -0.25) is 0 Å². The van der Waals surface area contributed by atoms with Crippen LogP contribution >= 0.6 is 0 Å². The standard InChI is InChI=1S/C11H14F2N2/c1-11(2,3)15-14-7-8-4-5-9(12)6-10(8)13/h4-7,15H,1-3H3/b14-7+. The van der Waals surface area contributed by atoms with Gasteiger partial charge in [-0.2, -0.15) is 5.10 Å². The molecule has 0 unspecified atom stereocenters. The minimum absolute atomic E-state index is 0.174. The molecule has 0 bridgehead atoms. The summed E-state index contributed by atoms with van der Waals surface area (Å²) in [6.45, 7) is 5.81. The first-order valence-corrected chi connectivity index (χ1v) is 4.64. The fourth-order valence-corrected chi connectivity index (χ4v) is 0.902. The lowest BCUT2D eigenvalue weighted by Crippen LogP contribution is -2.31. The van der Waals surface area contributed by atoms with Crippen molar-refractivity contribution in [1.82, 2.24) is 5.43 Å². The van der Waals surface area contributed by atoms with Crippen LogP contribution in [0.1, 0.15) is 26.3 Å². The molecule has 15 heavy (non-hydrogen) atoms. The van der Waals surface area contributed by atoms with Gasteiger partial charge < -0.3 is 5.43 Å². The number of nitrogens with one attached hydrogen (secondary N) is 1. The van der Waals surface area contributed by atoms with Gasteiger partial charge in [-0.15, -0.1) is 0 Å². The maximum Gasteiger partial charge on any atom is 0.134 e. The predicted molar refractivity (Wildman–Crippen MR) is 56.8 cm³/mol. The maximum atomic E-state index is 13.1. The van der Waals surface area contributed by atoms with Gasteiger partial charge in [0.1, 0.15) is 11.6 Å². The molecular weight excluding hydrogens is 198 g/mol. The van der Waals surface area contributed by atoms with Gasteiger partial charge in [0.25, 0.3) is 0 Å². The molecule has 4 heteroatoms. The molecule has 0 heterocycles. The lowest BCUT2D eigenvalue weighted by molar-refractivity contribution is 0.442. The molecule has 0 amide bonds. The van der Waals surface area contributed by atoms with Crippen molar-refractivity contribution in [3.8, 4) is 0 Å². The third kappa shape index (κ3) is 4.06. The van der Waals surface area contributed by atoms with E-state index in [0.717, 1.165) is 6.07 Å². The highest BCUT2D eigenvalue weighted by Gasteiger charge is 2.06. The van der Waals surface area contributed by atoms with E-state index in [2.05, 4.69) is 10.5 Å². The van der Waals surface area contributed by atoms with E-state index >= 15 is 0 Å². The van der Waals surface area contributed by atoms with E-state index in [0.29, 0.717) is 0 Å². The van der Waals surface area contributed by atoms with E-state index in [1.54, 1.807) is 0 Å². The van der Waals surface area contributed by atoms with Crippen molar-refractivity contribution >= 4 is 6.21 Å². The van der Waals surface area contributed by atoms with Crippen LogP contribution in [-0.2, 0) is 0 Å². The van der Waals surface area contributed by atoms with Gasteiger partial charge in [-0.1, -0.05) is 0 Å². The second-order valence-electron chi connectivity index (χ2n) is 4.29. The molecule has 82 valence electrons. The summed E-state index contributed by atoms with van der Waals surface area (Å²) in [6.07, 6.45) is 1.33. The van der Waals surface area contributed by atoms with Crippen molar-refractivity contribution in [1.29, 1.82) is 0 Å². The van der Waals surface area contributed by atoms with Crippen LogP contribution in [0.4, 0.5) is 8.78 Å². The molecule has 0 aromatic heterocycles. The fourth-order valence-electron chi connectivity index (χ4n) is 0.902. The van der Waals surface area contributed by atoms with Crippen LogP contribution in [0, 0.1) is 11.6 Å². The summed E-state index contributed by atoms with van der Waals surface area (Å²) in [5.74, 6) is -1.21. The van der Waals surface area contributed by atoms with Crippen molar-refractivity contribution in [2.75, 3.05) is 0 Å². The zero-order valence-electron chi connectivity index (χ0n) is 9.01. The summed E-state index contributed by atoms with van der Waals surface area (Å²) in [5.41, 5.74) is 2.91. The van der Waals surface area contributed by atoms with E-state index in [-0.39, 0.29) is 11.1 Å². The summed E-state index contributed by atoms with van der Waals surface area (Å²) < 4.78 is 25.7. The number of hydrogen-bond donors (Lipinski definition) is 1. The van der Waals surface area contributed by atoms with E-state index < -0.39 is 11.6 Å². The van der Waals surface area contributed by atoms with E-state index in [9.17, 15) is 8.78 Å². The van der Waals surface area contributed by atoms with Crippen LogP contribution in [-0.4, -0.2) is 11.8 Å². The van der Waals surface area contributed by atoms with E-state index in [1.165, 1.54) is 18.3 Å². The Labute approximate surface area is 88.0 Å². The maximum absolute atomic E-state index is 13.1. The highest BCUT2D eigenvalue weighted by molar-refractivity contribution is 5.79. The van der Waals surface area contributed by atoms with Gasteiger partial charge in [0.15, 0.2) is 0 Å². The normalized spacial score (nSPS) is 12.1. The molecule has 1 N–H and O–H groups in total. The van der Waals surface area contributed by atoms with E-state index in [4.69, 9.17) is 0 Å². The van der Waals surface area contributed by atoms with Crippen LogP contribution in [0.5, 0.6) is 0 Å². The number of hydrogen-bond acceptors (Lipinski definition) is 2. The Morgan fingerprint density at radius 3 is 2.47 bits per heavy atom. The van der Waals surface area contributed by atoms with Gasteiger partial charge >= 0.3 is 0 Å². The molecule has 0 aliphatic carbocycles. The molecule has 0 radical (unpaired) electrons. The van der Waals surface area contributed by atoms with Crippen molar-refractivity contribution in [2.45, 2.75) is 26.3 Å². The SMILES string of the molecule is CC(C)(C)N/N=C/c1ccc(F)cc1F. The van der Waals surface area contributed by atoms with E-state index in [1.807, 2.05) is 20.8 Å². The highest BCUT2D eigenvalue weighted by Crippen LogP contribution is 2.07. The first kappa shape index (κ1) is 11.6. The smallest absolute Gasteiger partial charge is 0.134 e. The minimum atomic E-state index is -0.616. The largest absolute Gasteiger partial charge is 0.305 e. The molecule has 2 nitrogen and oxygen atoms in total. The van der Waals surface area contributed by atoms with Gasteiger partial charge in [0.2, 0.25) is 0 Å². The molecule has 1 aromatic rings. The number of hydrazone groups is 1. The summed E-state index contributed by atoms with van der Waals surface area (Å²) in [4.78, 5) is 0. The zero-order chi connectivity index (χ0) is 11.5. The highest BCUT2D eigenvalue weighted by atomic mass is 19.1. The first-order valence-electron chi connectivity index (χ1n) is 4.64. The molecular formula is C11H14F2N2. The van der Waals surface area contributed by atoms with Gasteiger partial charge in [-0.05, 0) is 32.9 Å². The van der Waals surface area contributed by atoms with Crippen LogP contribution in [0.15, 0.2) is 23.3 Å². The Bertz CT molecular complexity index is 367. The predicted octanol–water partition coefficient (Wildman–Crippen LogP) is 2.69. The van der Waals surface area contributed by atoms with Crippen LogP contribution in [0.3, 0.4) is 0 Å². The number of rotatable bonds is 2. The third-order valence-corrected chi connectivity index (χ3v) is 1.57. The Morgan fingerprint density at radius 2 is 1.93 bits per heavy atom. The Hall–Kier alpha value is -1.45. The topological polar surface area (TPSA) is 24.4 Å². The van der Waals surface area contributed by atoms with Crippen LogP contribution in [0.2, 0.25) is 0 Å². The lowest BCUT2D eigenvalue weighted by Gasteiger charge is -2.16. The summed E-state index contributed by atoms with van der Waals surface area (Å²) in [7, 11) is 0. The molecule has 0 fully saturated rings. The number of benzene rings is 1. The first-order chi connectivity index (χ1) is 6.88. The monoisotopic (exact) mass is 212 g/mol.